The number of benzene rings is 4. The minimum Gasteiger partial charge on any atom is -0.392 e. The zero-order chi connectivity index (χ0) is 34.6. The van der Waals surface area contributed by atoms with E-state index in [1.807, 2.05) is 36.4 Å². The average molecular weight is 671 g/mol. The van der Waals surface area contributed by atoms with E-state index in [1.54, 1.807) is 24.3 Å². The van der Waals surface area contributed by atoms with Gasteiger partial charge in [-0.05, 0) is 70.0 Å². The van der Waals surface area contributed by atoms with Crippen LogP contribution in [0.4, 0.5) is 0 Å². The number of ether oxygens (including phenoxy) is 2. The van der Waals surface area contributed by atoms with Gasteiger partial charge in [-0.1, -0.05) is 106 Å². The summed E-state index contributed by atoms with van der Waals surface area (Å²) in [5.74, 6) is -0.514. The molecule has 7 heteroatoms. The fraction of sp³-hybridized carbons (Fsp3) is 0.395. The van der Waals surface area contributed by atoms with Gasteiger partial charge in [0.15, 0.2) is 6.29 Å². The topological polar surface area (TPSA) is 79.3 Å². The standard InChI is InChI=1S/C43H46N2O5/c1-42(2)21-33-22-43(3,26-42)27-44(33)24-34-20-38(30-14-12-28(25-46)13-15-30)50-41(49-34)31-18-16-29(17-19-31)35-9-5-4-8-32(35)23-45-39(47)36-10-6-7-11-37(36)40(45)48/h4-19,33-34,38,41,46H,20-27H2,1-3H3. The van der Waals surface area contributed by atoms with E-state index in [0.717, 1.165) is 52.9 Å². The Morgan fingerprint density at radius 3 is 2.08 bits per heavy atom. The van der Waals surface area contributed by atoms with Crippen molar-refractivity contribution in [3.05, 3.63) is 130 Å². The highest BCUT2D eigenvalue weighted by Crippen LogP contribution is 2.53. The second-order valence-electron chi connectivity index (χ2n) is 16.0. The summed E-state index contributed by atoms with van der Waals surface area (Å²) in [4.78, 5) is 30.3. The fourth-order valence-corrected chi connectivity index (χ4v) is 9.40. The van der Waals surface area contributed by atoms with Gasteiger partial charge in [0.05, 0.1) is 36.5 Å². The number of rotatable bonds is 8. The third-order valence-electron chi connectivity index (χ3n) is 11.3. The number of likely N-dealkylation sites (tertiary alicyclic amines) is 1. The maximum absolute atomic E-state index is 13.1. The summed E-state index contributed by atoms with van der Waals surface area (Å²) in [6.07, 6.45) is 3.83. The molecule has 1 aliphatic carbocycles. The molecular formula is C43H46N2O5. The summed E-state index contributed by atoms with van der Waals surface area (Å²) < 4.78 is 13.5. The van der Waals surface area contributed by atoms with Crippen LogP contribution >= 0.6 is 0 Å². The van der Waals surface area contributed by atoms with Crippen molar-refractivity contribution in [3.8, 4) is 11.1 Å². The Morgan fingerprint density at radius 1 is 0.760 bits per heavy atom. The average Bonchev–Trinajstić information content (AvgIpc) is 3.50. The van der Waals surface area contributed by atoms with Crippen LogP contribution in [0.3, 0.4) is 0 Å². The van der Waals surface area contributed by atoms with Gasteiger partial charge in [0.1, 0.15) is 0 Å². The number of nitrogens with zero attached hydrogens (tertiary/aromatic N) is 2. The van der Waals surface area contributed by atoms with E-state index < -0.39 is 6.29 Å². The van der Waals surface area contributed by atoms with Gasteiger partial charge < -0.3 is 14.6 Å². The smallest absolute Gasteiger partial charge is 0.261 e. The first-order valence-corrected chi connectivity index (χ1v) is 18.0. The van der Waals surface area contributed by atoms with E-state index >= 15 is 0 Å². The number of amides is 2. The van der Waals surface area contributed by atoms with E-state index in [4.69, 9.17) is 9.47 Å². The zero-order valence-corrected chi connectivity index (χ0v) is 29.2. The molecule has 5 unspecified atom stereocenters. The molecular weight excluding hydrogens is 624 g/mol. The summed E-state index contributed by atoms with van der Waals surface area (Å²) in [7, 11) is 0. The van der Waals surface area contributed by atoms with Crippen LogP contribution in [0.25, 0.3) is 11.1 Å². The van der Waals surface area contributed by atoms with Crippen LogP contribution in [-0.2, 0) is 22.6 Å². The SMILES string of the molecule is CC1(C)CC2CC(C)(CN2CC2CC(c3ccc(CO)cc3)OC(c3ccc(-c4ccccc4CN4C(=O)c5ccccc5C4=O)cc3)O2)C1. The lowest BCUT2D eigenvalue weighted by molar-refractivity contribution is -0.253. The minimum absolute atomic E-state index is 0.00221. The maximum atomic E-state index is 13.1. The number of carbonyl (C=O) groups is 2. The van der Waals surface area contributed by atoms with Crippen molar-refractivity contribution < 1.29 is 24.2 Å². The quantitative estimate of drug-likeness (QED) is 0.191. The van der Waals surface area contributed by atoms with Crippen LogP contribution in [0, 0.1) is 10.8 Å². The molecule has 7 nitrogen and oxygen atoms in total. The van der Waals surface area contributed by atoms with Crippen molar-refractivity contribution in [2.24, 2.45) is 10.8 Å². The van der Waals surface area contributed by atoms with Gasteiger partial charge in [-0.25, -0.2) is 0 Å². The normalized spacial score (nSPS) is 27.5. The van der Waals surface area contributed by atoms with Gasteiger partial charge in [0.2, 0.25) is 0 Å². The van der Waals surface area contributed by atoms with E-state index in [1.165, 1.54) is 24.2 Å². The van der Waals surface area contributed by atoms with Gasteiger partial charge in [0.25, 0.3) is 11.8 Å². The number of hydrogen-bond acceptors (Lipinski definition) is 6. The van der Waals surface area contributed by atoms with Crippen LogP contribution < -0.4 is 0 Å². The van der Waals surface area contributed by atoms with Crippen molar-refractivity contribution in [2.75, 3.05) is 13.1 Å². The summed E-state index contributed by atoms with van der Waals surface area (Å²) in [5, 5.41) is 9.63. The molecule has 50 heavy (non-hydrogen) atoms. The van der Waals surface area contributed by atoms with Gasteiger partial charge in [-0.2, -0.15) is 0 Å². The first-order chi connectivity index (χ1) is 24.1. The summed E-state index contributed by atoms with van der Waals surface area (Å²) >= 11 is 0. The molecule has 8 rings (SSSR count). The van der Waals surface area contributed by atoms with E-state index in [2.05, 4.69) is 62.1 Å². The van der Waals surface area contributed by atoms with Crippen molar-refractivity contribution in [1.82, 2.24) is 9.80 Å². The van der Waals surface area contributed by atoms with Crippen LogP contribution in [0.2, 0.25) is 0 Å². The number of carbonyl (C=O) groups excluding carboxylic acids is 2. The molecule has 2 bridgehead atoms. The second-order valence-corrected chi connectivity index (χ2v) is 16.0. The maximum Gasteiger partial charge on any atom is 0.261 e. The molecule has 4 aromatic rings. The molecule has 258 valence electrons. The largest absolute Gasteiger partial charge is 0.392 e. The van der Waals surface area contributed by atoms with Crippen molar-refractivity contribution in [2.45, 2.75) is 84.1 Å². The Balaban J connectivity index is 1.03. The third-order valence-corrected chi connectivity index (χ3v) is 11.3. The number of imide groups is 1. The van der Waals surface area contributed by atoms with Crippen molar-refractivity contribution in [3.63, 3.8) is 0 Å². The number of fused-ring (bicyclic) bond motifs is 3. The molecule has 4 aromatic carbocycles. The first-order valence-electron chi connectivity index (χ1n) is 18.0. The Bertz CT molecular complexity index is 1870. The highest BCUT2D eigenvalue weighted by atomic mass is 16.7. The van der Waals surface area contributed by atoms with Crippen LogP contribution in [0.15, 0.2) is 97.1 Å². The van der Waals surface area contributed by atoms with Gasteiger partial charge in [-0.15, -0.1) is 0 Å². The Hall–Kier alpha value is -4.14. The lowest BCUT2D eigenvalue weighted by Crippen LogP contribution is -2.42. The Kier molecular flexibility index (Phi) is 8.51. The molecule has 2 saturated heterocycles. The lowest BCUT2D eigenvalue weighted by Gasteiger charge is -2.41. The summed E-state index contributed by atoms with van der Waals surface area (Å²) in [5.41, 5.74) is 7.40. The van der Waals surface area contributed by atoms with E-state index in [9.17, 15) is 14.7 Å². The van der Waals surface area contributed by atoms with Gasteiger partial charge in [0, 0.05) is 31.1 Å². The third kappa shape index (κ3) is 6.33. The van der Waals surface area contributed by atoms with E-state index in [0.29, 0.717) is 28.0 Å². The molecule has 0 spiro atoms. The number of aliphatic hydroxyl groups is 1. The highest BCUT2D eigenvalue weighted by molar-refractivity contribution is 6.21. The van der Waals surface area contributed by atoms with Crippen LogP contribution in [-0.4, -0.2) is 52.0 Å². The molecule has 0 aromatic heterocycles. The lowest BCUT2D eigenvalue weighted by atomic mass is 9.65. The highest BCUT2D eigenvalue weighted by Gasteiger charge is 2.50. The van der Waals surface area contributed by atoms with Crippen molar-refractivity contribution in [1.29, 1.82) is 0 Å². The first kappa shape index (κ1) is 33.0. The molecule has 1 N–H and O–H groups in total. The molecule has 1 saturated carbocycles. The van der Waals surface area contributed by atoms with E-state index in [-0.39, 0.29) is 37.2 Å². The monoisotopic (exact) mass is 670 g/mol. The summed E-state index contributed by atoms with van der Waals surface area (Å²) in [6.45, 7) is 9.49. The number of aliphatic hydroxyl groups excluding tert-OH is 1. The number of hydrogen-bond donors (Lipinski definition) is 1. The predicted molar refractivity (Wildman–Crippen MR) is 192 cm³/mol. The second kappa shape index (κ2) is 12.9. The van der Waals surface area contributed by atoms with Crippen LogP contribution in [0.1, 0.15) is 102 Å². The van der Waals surface area contributed by atoms with Crippen LogP contribution in [0.5, 0.6) is 0 Å². The molecule has 0 radical (unpaired) electrons. The fourth-order valence-electron chi connectivity index (χ4n) is 9.40. The molecule has 3 heterocycles. The molecule has 3 aliphatic heterocycles. The van der Waals surface area contributed by atoms with Gasteiger partial charge >= 0.3 is 0 Å². The Labute approximate surface area is 294 Å². The predicted octanol–water partition coefficient (Wildman–Crippen LogP) is 8.09. The van der Waals surface area contributed by atoms with Gasteiger partial charge in [-0.3, -0.25) is 19.4 Å². The Morgan fingerprint density at radius 2 is 1.40 bits per heavy atom. The molecule has 5 atom stereocenters. The van der Waals surface area contributed by atoms with Crippen molar-refractivity contribution >= 4 is 11.8 Å². The summed E-state index contributed by atoms with van der Waals surface area (Å²) in [6, 6.07) is 31.9. The minimum atomic E-state index is -0.534. The zero-order valence-electron chi connectivity index (χ0n) is 29.2. The molecule has 3 fully saturated rings. The molecule has 2 amide bonds. The molecule has 4 aliphatic rings.